The molecule has 1 fully saturated rings. The number of aryl methyl sites for hydroxylation is 1. The minimum Gasteiger partial charge on any atom is -0.333 e. The van der Waals surface area contributed by atoms with Crippen molar-refractivity contribution in [1.82, 2.24) is 14.9 Å². The fraction of sp³-hybridized carbons (Fsp3) is 0.421. The first-order valence-corrected chi connectivity index (χ1v) is 8.52. The SMILES string of the molecule is Cc1ccc(-c2ccccn2)c(C(=O)N2CCCC(C)C2CN)n1. The summed E-state index contributed by atoms with van der Waals surface area (Å²) >= 11 is 0. The van der Waals surface area contributed by atoms with Gasteiger partial charge in [-0.05, 0) is 49.9 Å². The molecule has 5 heteroatoms. The third-order valence-corrected chi connectivity index (χ3v) is 4.80. The van der Waals surface area contributed by atoms with E-state index in [2.05, 4.69) is 16.9 Å². The minimum absolute atomic E-state index is 0.0404. The highest BCUT2D eigenvalue weighted by Crippen LogP contribution is 2.27. The Morgan fingerprint density at radius 3 is 2.88 bits per heavy atom. The van der Waals surface area contributed by atoms with Gasteiger partial charge in [-0.3, -0.25) is 9.78 Å². The smallest absolute Gasteiger partial charge is 0.273 e. The van der Waals surface area contributed by atoms with E-state index in [4.69, 9.17) is 5.73 Å². The lowest BCUT2D eigenvalue weighted by molar-refractivity contribution is 0.0527. The molecular formula is C19H24N4O. The van der Waals surface area contributed by atoms with Crippen LogP contribution < -0.4 is 5.73 Å². The molecule has 0 spiro atoms. The van der Waals surface area contributed by atoms with Gasteiger partial charge in [0.2, 0.25) is 0 Å². The van der Waals surface area contributed by atoms with Crippen LogP contribution in [0.5, 0.6) is 0 Å². The number of nitrogens with two attached hydrogens (primary N) is 1. The molecule has 1 aliphatic rings. The predicted molar refractivity (Wildman–Crippen MR) is 94.5 cm³/mol. The van der Waals surface area contributed by atoms with Crippen molar-refractivity contribution in [2.75, 3.05) is 13.1 Å². The van der Waals surface area contributed by atoms with Gasteiger partial charge < -0.3 is 10.6 Å². The number of rotatable bonds is 3. The van der Waals surface area contributed by atoms with Gasteiger partial charge in [-0.1, -0.05) is 13.0 Å². The van der Waals surface area contributed by atoms with E-state index in [1.165, 1.54) is 0 Å². The van der Waals surface area contributed by atoms with Crippen molar-refractivity contribution in [1.29, 1.82) is 0 Å². The molecule has 2 aromatic heterocycles. The number of carbonyl (C=O) groups is 1. The van der Waals surface area contributed by atoms with Crippen molar-refractivity contribution >= 4 is 5.91 Å². The zero-order valence-corrected chi connectivity index (χ0v) is 14.3. The molecule has 3 heterocycles. The lowest BCUT2D eigenvalue weighted by Crippen LogP contribution is -2.51. The molecule has 1 amide bonds. The second-order valence-electron chi connectivity index (χ2n) is 6.48. The van der Waals surface area contributed by atoms with Crippen LogP contribution in [0.1, 0.15) is 35.9 Å². The average molecular weight is 324 g/mol. The monoisotopic (exact) mass is 324 g/mol. The Labute approximate surface area is 142 Å². The summed E-state index contributed by atoms with van der Waals surface area (Å²) < 4.78 is 0. The summed E-state index contributed by atoms with van der Waals surface area (Å²) in [5, 5.41) is 0. The Hall–Kier alpha value is -2.27. The van der Waals surface area contributed by atoms with Crippen LogP contribution in [-0.4, -0.2) is 39.9 Å². The van der Waals surface area contributed by atoms with Crippen molar-refractivity contribution in [2.24, 2.45) is 11.7 Å². The molecule has 0 aliphatic carbocycles. The standard InChI is InChI=1S/C19H24N4O/c1-13-6-5-11-23(17(13)12-20)19(24)18-15(9-8-14(2)22-18)16-7-3-4-10-21-16/h3-4,7-10,13,17H,5-6,11-12,20H2,1-2H3. The maximum Gasteiger partial charge on any atom is 0.273 e. The van der Waals surface area contributed by atoms with Crippen molar-refractivity contribution in [3.63, 3.8) is 0 Å². The van der Waals surface area contributed by atoms with Gasteiger partial charge in [0.15, 0.2) is 0 Å². The molecule has 2 aromatic rings. The number of carbonyl (C=O) groups excluding carboxylic acids is 1. The molecule has 1 aliphatic heterocycles. The number of hydrogen-bond donors (Lipinski definition) is 1. The number of hydrogen-bond acceptors (Lipinski definition) is 4. The normalized spacial score (nSPS) is 20.9. The molecule has 0 bridgehead atoms. The second-order valence-corrected chi connectivity index (χ2v) is 6.48. The van der Waals surface area contributed by atoms with Crippen LogP contribution >= 0.6 is 0 Å². The number of pyridine rings is 2. The lowest BCUT2D eigenvalue weighted by atomic mass is 9.90. The van der Waals surface area contributed by atoms with E-state index in [1.807, 2.05) is 42.2 Å². The van der Waals surface area contributed by atoms with Crippen LogP contribution in [0.25, 0.3) is 11.3 Å². The van der Waals surface area contributed by atoms with E-state index >= 15 is 0 Å². The first kappa shape index (κ1) is 16.6. The Morgan fingerprint density at radius 2 is 2.17 bits per heavy atom. The van der Waals surface area contributed by atoms with Gasteiger partial charge in [0, 0.05) is 36.6 Å². The quantitative estimate of drug-likeness (QED) is 0.942. The summed E-state index contributed by atoms with van der Waals surface area (Å²) in [6.45, 7) is 5.29. The fourth-order valence-corrected chi connectivity index (χ4v) is 3.45. The van der Waals surface area contributed by atoms with Gasteiger partial charge >= 0.3 is 0 Å². The van der Waals surface area contributed by atoms with Crippen molar-refractivity contribution in [3.05, 3.63) is 47.9 Å². The third kappa shape index (κ3) is 3.17. The van der Waals surface area contributed by atoms with Crippen molar-refractivity contribution < 1.29 is 4.79 Å². The van der Waals surface area contributed by atoms with Gasteiger partial charge in [-0.25, -0.2) is 4.98 Å². The molecule has 2 unspecified atom stereocenters. The summed E-state index contributed by atoms with van der Waals surface area (Å²) in [6, 6.07) is 9.61. The van der Waals surface area contributed by atoms with Crippen LogP contribution in [-0.2, 0) is 0 Å². The van der Waals surface area contributed by atoms with Crippen LogP contribution in [0.4, 0.5) is 0 Å². The number of aromatic nitrogens is 2. The van der Waals surface area contributed by atoms with E-state index in [1.54, 1.807) is 6.20 Å². The maximum absolute atomic E-state index is 13.2. The maximum atomic E-state index is 13.2. The number of amides is 1. The first-order valence-electron chi connectivity index (χ1n) is 8.52. The van der Waals surface area contributed by atoms with Crippen LogP contribution in [0, 0.1) is 12.8 Å². The van der Waals surface area contributed by atoms with E-state index in [0.29, 0.717) is 18.2 Å². The zero-order valence-electron chi connectivity index (χ0n) is 14.3. The molecule has 5 nitrogen and oxygen atoms in total. The minimum atomic E-state index is -0.0404. The van der Waals surface area contributed by atoms with Gasteiger partial charge in [-0.15, -0.1) is 0 Å². The lowest BCUT2D eigenvalue weighted by Gasteiger charge is -2.39. The van der Waals surface area contributed by atoms with Gasteiger partial charge in [0.05, 0.1) is 5.69 Å². The molecule has 1 saturated heterocycles. The fourth-order valence-electron chi connectivity index (χ4n) is 3.45. The molecule has 2 N–H and O–H groups in total. The van der Waals surface area contributed by atoms with Gasteiger partial charge in [0.25, 0.3) is 5.91 Å². The molecule has 0 aromatic carbocycles. The van der Waals surface area contributed by atoms with Crippen LogP contribution in [0.2, 0.25) is 0 Å². The topological polar surface area (TPSA) is 72.1 Å². The highest BCUT2D eigenvalue weighted by atomic mass is 16.2. The number of piperidine rings is 1. The molecule has 24 heavy (non-hydrogen) atoms. The van der Waals surface area contributed by atoms with Crippen LogP contribution in [0.15, 0.2) is 36.5 Å². The summed E-state index contributed by atoms with van der Waals surface area (Å²) in [5.41, 5.74) is 8.80. The Bertz CT molecular complexity index is 717. The Kier molecular flexibility index (Phi) is 4.90. The Balaban J connectivity index is 2.02. The van der Waals surface area contributed by atoms with Gasteiger partial charge in [-0.2, -0.15) is 0 Å². The van der Waals surface area contributed by atoms with Gasteiger partial charge in [0.1, 0.15) is 5.69 Å². The predicted octanol–water partition coefficient (Wildman–Crippen LogP) is 2.65. The number of likely N-dealkylation sites (tertiary alicyclic amines) is 1. The Morgan fingerprint density at radius 1 is 1.33 bits per heavy atom. The molecule has 3 rings (SSSR count). The average Bonchev–Trinajstić information content (AvgIpc) is 2.61. The highest BCUT2D eigenvalue weighted by molar-refractivity contribution is 5.98. The molecular weight excluding hydrogens is 300 g/mol. The molecule has 2 atom stereocenters. The van der Waals surface area contributed by atoms with Crippen molar-refractivity contribution in [3.8, 4) is 11.3 Å². The zero-order chi connectivity index (χ0) is 17.1. The summed E-state index contributed by atoms with van der Waals surface area (Å²) in [6.07, 6.45) is 3.85. The van der Waals surface area contributed by atoms with E-state index < -0.39 is 0 Å². The van der Waals surface area contributed by atoms with E-state index in [0.717, 1.165) is 36.3 Å². The second kappa shape index (κ2) is 7.09. The molecule has 126 valence electrons. The highest BCUT2D eigenvalue weighted by Gasteiger charge is 2.33. The first-order chi connectivity index (χ1) is 11.6. The van der Waals surface area contributed by atoms with Crippen LogP contribution in [0.3, 0.4) is 0 Å². The third-order valence-electron chi connectivity index (χ3n) is 4.80. The van der Waals surface area contributed by atoms with E-state index in [-0.39, 0.29) is 11.9 Å². The summed E-state index contributed by atoms with van der Waals surface area (Å²) in [7, 11) is 0. The largest absolute Gasteiger partial charge is 0.333 e. The van der Waals surface area contributed by atoms with Crippen molar-refractivity contribution in [2.45, 2.75) is 32.7 Å². The molecule has 0 saturated carbocycles. The number of nitrogens with zero attached hydrogens (tertiary/aromatic N) is 3. The summed E-state index contributed by atoms with van der Waals surface area (Å²) in [5.74, 6) is 0.372. The molecule has 0 radical (unpaired) electrons. The summed E-state index contributed by atoms with van der Waals surface area (Å²) in [4.78, 5) is 24.1. The van der Waals surface area contributed by atoms with E-state index in [9.17, 15) is 4.79 Å².